The zero-order valence-corrected chi connectivity index (χ0v) is 7.01. The van der Waals surface area contributed by atoms with Crippen LogP contribution in [-0.4, -0.2) is 5.75 Å². The molecule has 44 valence electrons. The highest BCUT2D eigenvalue weighted by Gasteiger charge is 2.07. The lowest BCUT2D eigenvalue weighted by Crippen LogP contribution is -1.55. The van der Waals surface area contributed by atoms with Crippen LogP contribution in [0.3, 0.4) is 0 Å². The third kappa shape index (κ3) is 7.22. The normalized spacial score (nSPS) is 18.7. The van der Waals surface area contributed by atoms with Gasteiger partial charge in [-0.05, 0) is 28.8 Å². The van der Waals surface area contributed by atoms with E-state index in [9.17, 15) is 4.20 Å². The van der Waals surface area contributed by atoms with Crippen molar-refractivity contribution in [1.82, 2.24) is 0 Å². The maximum atomic E-state index is 12.0. The van der Waals surface area contributed by atoms with Gasteiger partial charge < -0.3 is 0 Å². The molecule has 0 bridgehead atoms. The first kappa shape index (κ1) is 8.22. The number of rotatable bonds is 2. The summed E-state index contributed by atoms with van der Waals surface area (Å²) < 4.78 is 12.0. The van der Waals surface area contributed by atoms with Crippen LogP contribution in [0.15, 0.2) is 0 Å². The Bertz CT molecular complexity index is 89.7. The van der Waals surface area contributed by atoms with E-state index in [1.165, 1.54) is 0 Å². The largest absolute Gasteiger partial charge is 0.250 e. The lowest BCUT2D eigenvalue weighted by atomic mass is 11.0. The summed E-state index contributed by atoms with van der Waals surface area (Å²) in [7, 11) is 0. The van der Waals surface area contributed by atoms with Crippen molar-refractivity contribution in [3.8, 4) is 0 Å². The molecule has 0 aromatic carbocycles. The third-order valence-corrected chi connectivity index (χ3v) is 4.34. The van der Waals surface area contributed by atoms with Crippen LogP contribution in [-0.2, 0) is 11.8 Å². The second kappa shape index (κ2) is 3.29. The minimum Gasteiger partial charge on any atom is -0.189 e. The van der Waals surface area contributed by atoms with E-state index in [0.29, 0.717) is 5.75 Å². The predicted octanol–water partition coefficient (Wildman–Crippen LogP) is 3.17. The molecule has 0 spiro atoms. The smallest absolute Gasteiger partial charge is 0.189 e. The van der Waals surface area contributed by atoms with Crippen LogP contribution in [0.25, 0.3) is 0 Å². The van der Waals surface area contributed by atoms with Crippen LogP contribution in [0.2, 0.25) is 0 Å². The predicted molar refractivity (Wildman–Crippen MR) is 39.4 cm³/mol. The summed E-state index contributed by atoms with van der Waals surface area (Å²) in [6, 6.07) is 0. The molecular weight excluding hydrogens is 174 g/mol. The van der Waals surface area contributed by atoms with E-state index in [1.54, 1.807) is 0 Å². The lowest BCUT2D eigenvalue weighted by Gasteiger charge is -1.95. The zero-order valence-electron chi connectivity index (χ0n) is 3.73. The van der Waals surface area contributed by atoms with Gasteiger partial charge in [-0.1, -0.05) is 18.3 Å². The standard InChI is InChI=1S/C2H5ClFPS2/c1-2-7-5(3,4)6/h2H2,1H3. The number of halogens is 2. The Morgan fingerprint density at radius 2 is 2.43 bits per heavy atom. The topological polar surface area (TPSA) is 0 Å². The third-order valence-electron chi connectivity index (χ3n) is 0.279. The van der Waals surface area contributed by atoms with Crippen LogP contribution in [0.5, 0.6) is 0 Å². The van der Waals surface area contributed by atoms with E-state index in [1.807, 2.05) is 6.92 Å². The van der Waals surface area contributed by atoms with Gasteiger partial charge in [0, 0.05) is 0 Å². The Morgan fingerprint density at radius 1 is 2.00 bits per heavy atom. The first-order valence-electron chi connectivity index (χ1n) is 1.70. The lowest BCUT2D eigenvalue weighted by molar-refractivity contribution is 0.928. The van der Waals surface area contributed by atoms with Gasteiger partial charge in [-0.25, -0.2) is 0 Å². The van der Waals surface area contributed by atoms with Gasteiger partial charge in [0.2, 0.25) is 0 Å². The van der Waals surface area contributed by atoms with Crippen LogP contribution >= 0.6 is 27.5 Å². The van der Waals surface area contributed by atoms with E-state index in [-0.39, 0.29) is 0 Å². The Balaban J connectivity index is 3.36. The van der Waals surface area contributed by atoms with E-state index < -0.39 is 4.90 Å². The SMILES string of the molecule is CCSP(F)(=S)Cl. The summed E-state index contributed by atoms with van der Waals surface area (Å²) in [5.74, 6) is 0.664. The molecule has 0 aromatic rings. The highest BCUT2D eigenvalue weighted by Crippen LogP contribution is 2.64. The maximum absolute atomic E-state index is 12.0. The second-order valence-corrected chi connectivity index (χ2v) is 9.58. The molecule has 7 heavy (non-hydrogen) atoms. The molecule has 0 N–H and O–H groups in total. The van der Waals surface area contributed by atoms with Gasteiger partial charge in [0.1, 0.15) is 0 Å². The molecule has 0 radical (unpaired) electrons. The molecule has 0 aromatic heterocycles. The first-order valence-corrected chi connectivity index (χ1v) is 6.89. The van der Waals surface area contributed by atoms with Crippen molar-refractivity contribution < 1.29 is 4.20 Å². The zero-order chi connectivity index (χ0) is 5.91. The molecule has 0 amide bonds. The number of hydrogen-bond acceptors (Lipinski definition) is 2. The quantitative estimate of drug-likeness (QED) is 0.596. The van der Waals surface area contributed by atoms with Crippen LogP contribution in [0.1, 0.15) is 6.92 Å². The Kier molecular flexibility index (Phi) is 3.86. The van der Waals surface area contributed by atoms with Crippen LogP contribution in [0.4, 0.5) is 4.20 Å². The number of hydrogen-bond donors (Lipinski definition) is 0. The van der Waals surface area contributed by atoms with E-state index in [0.717, 1.165) is 11.4 Å². The van der Waals surface area contributed by atoms with Crippen LogP contribution < -0.4 is 0 Å². The average Bonchev–Trinajstić information content (AvgIpc) is 1.30. The van der Waals surface area contributed by atoms with E-state index in [2.05, 4.69) is 11.8 Å². The highest BCUT2D eigenvalue weighted by atomic mass is 35.7. The van der Waals surface area contributed by atoms with Gasteiger partial charge in [0.25, 0.3) is 4.90 Å². The van der Waals surface area contributed by atoms with Gasteiger partial charge in [0.15, 0.2) is 0 Å². The summed E-state index contributed by atoms with van der Waals surface area (Å²) in [4.78, 5) is -2.94. The summed E-state index contributed by atoms with van der Waals surface area (Å²) >= 11 is 10.3. The molecule has 0 nitrogen and oxygen atoms in total. The summed E-state index contributed by atoms with van der Waals surface area (Å²) in [6.45, 7) is 1.83. The molecule has 0 rings (SSSR count). The van der Waals surface area contributed by atoms with Gasteiger partial charge in [-0.2, -0.15) is 4.20 Å². The summed E-state index contributed by atoms with van der Waals surface area (Å²) in [5, 5.41) is 0. The van der Waals surface area contributed by atoms with Crippen molar-refractivity contribution in [1.29, 1.82) is 0 Å². The molecule has 0 saturated heterocycles. The minimum atomic E-state index is -2.94. The fourth-order valence-corrected chi connectivity index (χ4v) is 3.18. The van der Waals surface area contributed by atoms with Crippen LogP contribution in [0, 0.1) is 0 Å². The summed E-state index contributed by atoms with van der Waals surface area (Å²) in [6.07, 6.45) is 0. The average molecular weight is 179 g/mol. The van der Waals surface area contributed by atoms with Crippen molar-refractivity contribution in [2.75, 3.05) is 5.75 Å². The van der Waals surface area contributed by atoms with Gasteiger partial charge in [-0.3, -0.25) is 0 Å². The Morgan fingerprint density at radius 3 is 2.43 bits per heavy atom. The molecule has 0 fully saturated rings. The molecule has 5 heteroatoms. The molecule has 0 aliphatic heterocycles. The second-order valence-electron chi connectivity index (χ2n) is 0.832. The fourth-order valence-electron chi connectivity index (χ4n) is 0.150. The van der Waals surface area contributed by atoms with Gasteiger partial charge in [-0.15, -0.1) is 0 Å². The van der Waals surface area contributed by atoms with Crippen molar-refractivity contribution in [2.45, 2.75) is 6.92 Å². The molecule has 0 aliphatic carbocycles. The van der Waals surface area contributed by atoms with Crippen molar-refractivity contribution in [3.05, 3.63) is 0 Å². The molecule has 0 aliphatic rings. The minimum absolute atomic E-state index is 0.664. The Hall–Kier alpha value is 1.22. The monoisotopic (exact) mass is 178 g/mol. The van der Waals surface area contributed by atoms with Crippen molar-refractivity contribution in [2.24, 2.45) is 0 Å². The van der Waals surface area contributed by atoms with Gasteiger partial charge in [0.05, 0.1) is 0 Å². The molecule has 1 atom stereocenters. The fraction of sp³-hybridized carbons (Fsp3) is 1.00. The summed E-state index contributed by atoms with van der Waals surface area (Å²) in [5.41, 5.74) is 0. The molecular formula is C2H5ClFPS2. The van der Waals surface area contributed by atoms with E-state index in [4.69, 9.17) is 11.2 Å². The van der Waals surface area contributed by atoms with Gasteiger partial charge >= 0.3 is 0 Å². The molecule has 0 saturated carbocycles. The van der Waals surface area contributed by atoms with Crippen molar-refractivity contribution in [3.63, 3.8) is 0 Å². The molecule has 0 heterocycles. The van der Waals surface area contributed by atoms with Crippen molar-refractivity contribution >= 4 is 39.3 Å². The first-order chi connectivity index (χ1) is 3.06. The highest BCUT2D eigenvalue weighted by molar-refractivity contribution is 8.76. The van der Waals surface area contributed by atoms with E-state index >= 15 is 0 Å². The Labute approximate surface area is 56.5 Å². The molecule has 1 unspecified atom stereocenters. The maximum Gasteiger partial charge on any atom is 0.250 e.